The summed E-state index contributed by atoms with van der Waals surface area (Å²) in [5.74, 6) is -1.23. The average Bonchev–Trinajstić information content (AvgIpc) is 3.17. The van der Waals surface area contributed by atoms with Crippen LogP contribution < -0.4 is 4.90 Å². The monoisotopic (exact) mass is 267 g/mol. The van der Waals surface area contributed by atoms with Crippen molar-refractivity contribution in [2.24, 2.45) is 5.92 Å². The molecule has 0 aliphatic heterocycles. The number of benzene rings is 1. The Morgan fingerprint density at radius 3 is 2.84 bits per heavy atom. The number of aromatic carboxylic acids is 1. The van der Waals surface area contributed by atoms with E-state index in [0.717, 1.165) is 12.5 Å². The highest BCUT2D eigenvalue weighted by molar-refractivity contribution is 5.88. The second-order valence-corrected chi connectivity index (χ2v) is 4.91. The van der Waals surface area contributed by atoms with Crippen LogP contribution in [-0.4, -0.2) is 37.9 Å². The number of likely N-dealkylation sites (N-methyl/N-ethyl adjacent to an activating group) is 1. The number of ether oxygens (including phenoxy) is 1. The second kappa shape index (κ2) is 6.02. The minimum atomic E-state index is -1.25. The first-order valence-corrected chi connectivity index (χ1v) is 6.39. The van der Waals surface area contributed by atoms with E-state index in [4.69, 9.17) is 9.84 Å². The fraction of sp³-hybridized carbons (Fsp3) is 0.500. The molecular formula is C14H18FNO3. The molecule has 1 fully saturated rings. The molecule has 0 spiro atoms. The molecule has 2 rings (SSSR count). The number of carbonyl (C=O) groups is 1. The van der Waals surface area contributed by atoms with E-state index in [0.29, 0.717) is 18.8 Å². The van der Waals surface area contributed by atoms with E-state index < -0.39 is 11.8 Å². The third-order valence-corrected chi connectivity index (χ3v) is 3.25. The molecule has 1 saturated carbocycles. The van der Waals surface area contributed by atoms with E-state index >= 15 is 0 Å². The van der Waals surface area contributed by atoms with Gasteiger partial charge in [-0.05, 0) is 37.0 Å². The van der Waals surface area contributed by atoms with Gasteiger partial charge in [-0.25, -0.2) is 9.18 Å². The minimum absolute atomic E-state index is 0.304. The molecule has 1 aliphatic rings. The zero-order chi connectivity index (χ0) is 13.8. The zero-order valence-electron chi connectivity index (χ0n) is 10.9. The summed E-state index contributed by atoms with van der Waals surface area (Å²) >= 11 is 0. The lowest BCUT2D eigenvalue weighted by Gasteiger charge is -2.19. The fourth-order valence-corrected chi connectivity index (χ4v) is 1.78. The van der Waals surface area contributed by atoms with E-state index in [1.165, 1.54) is 25.0 Å². The minimum Gasteiger partial charge on any atom is -0.478 e. The Labute approximate surface area is 111 Å². The van der Waals surface area contributed by atoms with Crippen molar-refractivity contribution >= 4 is 11.7 Å². The van der Waals surface area contributed by atoms with E-state index in [-0.39, 0.29) is 5.56 Å². The topological polar surface area (TPSA) is 49.8 Å². The second-order valence-electron chi connectivity index (χ2n) is 4.91. The molecule has 4 nitrogen and oxygen atoms in total. The molecule has 1 aromatic carbocycles. The van der Waals surface area contributed by atoms with Gasteiger partial charge >= 0.3 is 5.97 Å². The van der Waals surface area contributed by atoms with Crippen LogP contribution in [-0.2, 0) is 4.74 Å². The fourth-order valence-electron chi connectivity index (χ4n) is 1.78. The molecule has 5 heteroatoms. The molecule has 0 unspecified atom stereocenters. The normalized spacial score (nSPS) is 14.4. The van der Waals surface area contributed by atoms with Crippen LogP contribution in [0.25, 0.3) is 0 Å². The molecular weight excluding hydrogens is 249 g/mol. The molecule has 0 bridgehead atoms. The number of halogens is 1. The summed E-state index contributed by atoms with van der Waals surface area (Å²) in [5, 5.41) is 8.75. The maximum Gasteiger partial charge on any atom is 0.338 e. The third kappa shape index (κ3) is 3.92. The summed E-state index contributed by atoms with van der Waals surface area (Å²) in [6.45, 7) is 2.05. The van der Waals surface area contributed by atoms with Gasteiger partial charge in [0.1, 0.15) is 5.82 Å². The third-order valence-electron chi connectivity index (χ3n) is 3.25. The number of carboxylic acids is 1. The summed E-state index contributed by atoms with van der Waals surface area (Å²) < 4.78 is 19.0. The van der Waals surface area contributed by atoms with E-state index in [2.05, 4.69) is 0 Å². The van der Waals surface area contributed by atoms with Gasteiger partial charge in [0.15, 0.2) is 0 Å². The van der Waals surface area contributed by atoms with Gasteiger partial charge in [-0.1, -0.05) is 0 Å². The molecule has 0 radical (unpaired) electrons. The number of hydrogen-bond acceptors (Lipinski definition) is 3. The molecule has 19 heavy (non-hydrogen) atoms. The highest BCUT2D eigenvalue weighted by Gasteiger charge is 2.21. The van der Waals surface area contributed by atoms with Crippen molar-refractivity contribution in [1.29, 1.82) is 0 Å². The highest BCUT2D eigenvalue weighted by atomic mass is 19.1. The van der Waals surface area contributed by atoms with Gasteiger partial charge in [0.05, 0.1) is 12.2 Å². The number of anilines is 1. The first-order valence-electron chi connectivity index (χ1n) is 6.39. The van der Waals surface area contributed by atoms with Crippen molar-refractivity contribution in [3.05, 3.63) is 29.6 Å². The average molecular weight is 267 g/mol. The van der Waals surface area contributed by atoms with Gasteiger partial charge in [-0.2, -0.15) is 0 Å². The van der Waals surface area contributed by atoms with Crippen LogP contribution in [0.5, 0.6) is 0 Å². The summed E-state index contributed by atoms with van der Waals surface area (Å²) in [6.07, 6.45) is 2.52. The Kier molecular flexibility index (Phi) is 4.37. The van der Waals surface area contributed by atoms with Gasteiger partial charge in [0.25, 0.3) is 0 Å². The summed E-state index contributed by atoms with van der Waals surface area (Å²) in [6, 6.07) is 4.13. The van der Waals surface area contributed by atoms with E-state index in [9.17, 15) is 9.18 Å². The van der Waals surface area contributed by atoms with Crippen LogP contribution in [0.3, 0.4) is 0 Å². The molecule has 0 atom stereocenters. The predicted octanol–water partition coefficient (Wildman–Crippen LogP) is 2.39. The Morgan fingerprint density at radius 1 is 1.53 bits per heavy atom. The Hall–Kier alpha value is -1.62. The van der Waals surface area contributed by atoms with Gasteiger partial charge in [0, 0.05) is 25.9 Å². The number of nitrogens with zero attached hydrogens (tertiary/aromatic N) is 1. The van der Waals surface area contributed by atoms with Crippen LogP contribution in [0, 0.1) is 11.7 Å². The maximum absolute atomic E-state index is 13.5. The van der Waals surface area contributed by atoms with Gasteiger partial charge in [-0.3, -0.25) is 0 Å². The van der Waals surface area contributed by atoms with Crippen LogP contribution in [0.15, 0.2) is 18.2 Å². The van der Waals surface area contributed by atoms with Crippen molar-refractivity contribution in [3.63, 3.8) is 0 Å². The number of rotatable bonds is 7. The zero-order valence-corrected chi connectivity index (χ0v) is 10.9. The van der Waals surface area contributed by atoms with Crippen molar-refractivity contribution in [2.75, 3.05) is 31.7 Å². The number of carboxylic acid groups (broad SMARTS) is 1. The molecule has 1 aromatic rings. The lowest BCUT2D eigenvalue weighted by molar-refractivity contribution is 0.0692. The Balaban J connectivity index is 1.85. The van der Waals surface area contributed by atoms with E-state index in [1.54, 1.807) is 6.07 Å². The largest absolute Gasteiger partial charge is 0.478 e. The SMILES string of the molecule is CN(CCOCC1CC1)c1ccc(C(=O)O)c(F)c1. The lowest BCUT2D eigenvalue weighted by Crippen LogP contribution is -2.23. The highest BCUT2D eigenvalue weighted by Crippen LogP contribution is 2.28. The smallest absolute Gasteiger partial charge is 0.338 e. The summed E-state index contributed by atoms with van der Waals surface area (Å²) in [4.78, 5) is 12.6. The summed E-state index contributed by atoms with van der Waals surface area (Å²) in [5.41, 5.74) is 0.347. The van der Waals surface area contributed by atoms with Crippen LogP contribution >= 0.6 is 0 Å². The van der Waals surface area contributed by atoms with Crippen molar-refractivity contribution in [1.82, 2.24) is 0 Å². The van der Waals surface area contributed by atoms with Gasteiger partial charge in [0.2, 0.25) is 0 Å². The van der Waals surface area contributed by atoms with Crippen molar-refractivity contribution in [2.45, 2.75) is 12.8 Å². The van der Waals surface area contributed by atoms with Crippen LogP contribution in [0.4, 0.5) is 10.1 Å². The Bertz CT molecular complexity index is 460. The lowest BCUT2D eigenvalue weighted by atomic mass is 10.2. The number of hydrogen-bond donors (Lipinski definition) is 1. The van der Waals surface area contributed by atoms with E-state index in [1.807, 2.05) is 11.9 Å². The molecule has 0 heterocycles. The first kappa shape index (κ1) is 13.8. The van der Waals surface area contributed by atoms with Crippen LogP contribution in [0.2, 0.25) is 0 Å². The molecule has 1 aliphatic carbocycles. The maximum atomic E-state index is 13.5. The molecule has 0 amide bonds. The van der Waals surface area contributed by atoms with Gasteiger partial charge in [-0.15, -0.1) is 0 Å². The Morgan fingerprint density at radius 2 is 2.26 bits per heavy atom. The standard InChI is InChI=1S/C14H18FNO3/c1-16(6-7-19-9-10-2-3-10)11-4-5-12(14(17)18)13(15)8-11/h4-5,8,10H,2-3,6-7,9H2,1H3,(H,17,18). The van der Waals surface area contributed by atoms with Crippen molar-refractivity contribution in [3.8, 4) is 0 Å². The van der Waals surface area contributed by atoms with Gasteiger partial charge < -0.3 is 14.7 Å². The summed E-state index contributed by atoms with van der Waals surface area (Å²) in [7, 11) is 1.83. The molecule has 104 valence electrons. The van der Waals surface area contributed by atoms with Crippen LogP contribution in [0.1, 0.15) is 23.2 Å². The first-order chi connectivity index (χ1) is 9.08. The quantitative estimate of drug-likeness (QED) is 0.771. The molecule has 1 N–H and O–H groups in total. The predicted molar refractivity (Wildman–Crippen MR) is 70.2 cm³/mol. The molecule has 0 saturated heterocycles. The van der Waals surface area contributed by atoms with Crippen molar-refractivity contribution < 1.29 is 19.0 Å². The molecule has 0 aromatic heterocycles.